The van der Waals surface area contributed by atoms with Gasteiger partial charge in [0.05, 0.1) is 18.8 Å². The lowest BCUT2D eigenvalue weighted by molar-refractivity contribution is -0.192. The molecule has 3 rings (SSSR count). The van der Waals surface area contributed by atoms with Crippen LogP contribution in [0, 0.1) is 11.3 Å². The Bertz CT molecular complexity index is 743. The third-order valence-corrected chi connectivity index (χ3v) is 5.87. The molecule has 176 valence electrons. The fourth-order valence-corrected chi connectivity index (χ4v) is 3.93. The molecule has 1 unspecified atom stereocenters. The van der Waals surface area contributed by atoms with Gasteiger partial charge in [0.15, 0.2) is 0 Å². The summed E-state index contributed by atoms with van der Waals surface area (Å²) in [6.45, 7) is 8.47. The second-order valence-corrected chi connectivity index (χ2v) is 8.50. The highest BCUT2D eigenvalue weighted by Crippen LogP contribution is 2.41. The van der Waals surface area contributed by atoms with E-state index >= 15 is 0 Å². The molecule has 0 aliphatic carbocycles. The summed E-state index contributed by atoms with van der Waals surface area (Å²) < 4.78 is 39.3. The molecule has 0 saturated carbocycles. The zero-order valence-corrected chi connectivity index (χ0v) is 18.1. The van der Waals surface area contributed by atoms with Crippen molar-refractivity contribution in [2.75, 3.05) is 26.3 Å². The van der Waals surface area contributed by atoms with E-state index in [0.29, 0.717) is 6.61 Å². The molecule has 3 heterocycles. The molecule has 1 aromatic rings. The van der Waals surface area contributed by atoms with Gasteiger partial charge in [0, 0.05) is 37.9 Å². The molecule has 2 saturated heterocycles. The van der Waals surface area contributed by atoms with Crippen molar-refractivity contribution in [1.82, 2.24) is 20.0 Å². The Morgan fingerprint density at radius 2 is 1.94 bits per heavy atom. The number of carboxylic acids is 1. The Balaban J connectivity index is 0.000000423. The number of aromatic nitrogens is 2. The molecule has 0 aromatic carbocycles. The van der Waals surface area contributed by atoms with Crippen LogP contribution in [0.3, 0.4) is 0 Å². The van der Waals surface area contributed by atoms with Crippen LogP contribution in [0.1, 0.15) is 38.7 Å². The molecule has 2 fully saturated rings. The van der Waals surface area contributed by atoms with Crippen LogP contribution in [0.4, 0.5) is 13.2 Å². The zero-order valence-electron chi connectivity index (χ0n) is 18.1. The molecule has 1 atom stereocenters. The van der Waals surface area contributed by atoms with Gasteiger partial charge < -0.3 is 15.2 Å². The van der Waals surface area contributed by atoms with E-state index in [-0.39, 0.29) is 23.3 Å². The maximum Gasteiger partial charge on any atom is 0.490 e. The third-order valence-electron chi connectivity index (χ3n) is 5.87. The number of amides is 1. The van der Waals surface area contributed by atoms with Crippen molar-refractivity contribution in [3.63, 3.8) is 0 Å². The summed E-state index contributed by atoms with van der Waals surface area (Å²) in [5.41, 5.74) is 1.47. The highest BCUT2D eigenvalue weighted by Gasteiger charge is 2.44. The highest BCUT2D eigenvalue weighted by atomic mass is 19.4. The van der Waals surface area contributed by atoms with Crippen LogP contribution in [0.25, 0.3) is 0 Å². The largest absolute Gasteiger partial charge is 0.490 e. The fourth-order valence-electron chi connectivity index (χ4n) is 3.93. The molecule has 2 N–H and O–H groups in total. The average molecular weight is 448 g/mol. The number of hydrogen-bond donors (Lipinski definition) is 2. The number of alkyl halides is 3. The van der Waals surface area contributed by atoms with Gasteiger partial charge in [-0.05, 0) is 37.8 Å². The monoisotopic (exact) mass is 448 g/mol. The van der Waals surface area contributed by atoms with E-state index in [1.165, 1.54) is 5.56 Å². The summed E-state index contributed by atoms with van der Waals surface area (Å²) in [6.07, 6.45) is 2.26. The van der Waals surface area contributed by atoms with E-state index < -0.39 is 12.1 Å². The normalized spacial score (nSPS) is 21.5. The Hall–Kier alpha value is -2.14. The van der Waals surface area contributed by atoms with Gasteiger partial charge in [-0.25, -0.2) is 4.79 Å². The van der Waals surface area contributed by atoms with Gasteiger partial charge in [-0.15, -0.1) is 0 Å². The number of hydrogen-bond acceptors (Lipinski definition) is 5. The van der Waals surface area contributed by atoms with Crippen molar-refractivity contribution in [2.45, 2.75) is 51.9 Å². The maximum absolute atomic E-state index is 12.2. The molecule has 0 bridgehead atoms. The van der Waals surface area contributed by atoms with Crippen molar-refractivity contribution < 1.29 is 32.6 Å². The summed E-state index contributed by atoms with van der Waals surface area (Å²) in [7, 11) is 1.96. The number of carbonyl (C=O) groups is 2. The highest BCUT2D eigenvalue weighted by molar-refractivity contribution is 5.78. The number of nitrogens with zero attached hydrogens (tertiary/aromatic N) is 3. The van der Waals surface area contributed by atoms with Crippen molar-refractivity contribution in [3.8, 4) is 0 Å². The first-order chi connectivity index (χ1) is 14.4. The second kappa shape index (κ2) is 10.4. The van der Waals surface area contributed by atoms with Crippen molar-refractivity contribution in [1.29, 1.82) is 0 Å². The lowest BCUT2D eigenvalue weighted by Gasteiger charge is -2.49. The molecule has 1 amide bonds. The summed E-state index contributed by atoms with van der Waals surface area (Å²) in [6, 6.07) is 0.154. The molecular formula is C20H31F3N4O4. The number of ether oxygens (including phenoxy) is 1. The van der Waals surface area contributed by atoms with E-state index in [0.717, 1.165) is 45.5 Å². The lowest BCUT2D eigenvalue weighted by atomic mass is 9.69. The molecule has 2 aliphatic heterocycles. The first-order valence-corrected chi connectivity index (χ1v) is 10.3. The number of aryl methyl sites for hydroxylation is 1. The van der Waals surface area contributed by atoms with E-state index in [1.807, 2.05) is 31.8 Å². The van der Waals surface area contributed by atoms with Gasteiger partial charge in [-0.2, -0.15) is 18.3 Å². The molecule has 1 aromatic heterocycles. The van der Waals surface area contributed by atoms with Crippen LogP contribution < -0.4 is 5.32 Å². The first-order valence-electron chi connectivity index (χ1n) is 10.3. The van der Waals surface area contributed by atoms with E-state index in [9.17, 15) is 18.0 Å². The Morgan fingerprint density at radius 1 is 1.32 bits per heavy atom. The lowest BCUT2D eigenvalue weighted by Crippen LogP contribution is -2.58. The van der Waals surface area contributed by atoms with Crippen LogP contribution in [0.5, 0.6) is 0 Å². The van der Waals surface area contributed by atoms with E-state index in [1.54, 1.807) is 0 Å². The fraction of sp³-hybridized carbons (Fsp3) is 0.750. The molecule has 2 aliphatic rings. The Morgan fingerprint density at radius 3 is 2.42 bits per heavy atom. The van der Waals surface area contributed by atoms with Crippen molar-refractivity contribution >= 4 is 11.9 Å². The number of piperidine rings is 1. The Labute approximate surface area is 179 Å². The van der Waals surface area contributed by atoms with Gasteiger partial charge in [0.25, 0.3) is 0 Å². The molecule has 1 spiro atoms. The Kier molecular flexibility index (Phi) is 8.47. The van der Waals surface area contributed by atoms with Gasteiger partial charge in [-0.3, -0.25) is 14.4 Å². The number of likely N-dealkylation sites (tertiary alicyclic amines) is 1. The SMILES string of the molecule is CC(C)C(=O)NC1COCCC12CCN(Cc1cnn(C)c1)CC2.O=C(O)C(F)(F)F. The van der Waals surface area contributed by atoms with Crippen molar-refractivity contribution in [3.05, 3.63) is 18.0 Å². The molecule has 11 heteroatoms. The predicted octanol–water partition coefficient (Wildman–Crippen LogP) is 2.20. The molecular weight excluding hydrogens is 417 g/mol. The van der Waals surface area contributed by atoms with Crippen LogP contribution in [-0.2, 0) is 27.9 Å². The van der Waals surface area contributed by atoms with Gasteiger partial charge >= 0.3 is 12.1 Å². The zero-order chi connectivity index (χ0) is 23.2. The number of halogens is 3. The van der Waals surface area contributed by atoms with Gasteiger partial charge in [0.2, 0.25) is 5.91 Å². The summed E-state index contributed by atoms with van der Waals surface area (Å²) >= 11 is 0. The second-order valence-electron chi connectivity index (χ2n) is 8.50. The maximum atomic E-state index is 12.2. The summed E-state index contributed by atoms with van der Waals surface area (Å²) in [4.78, 5) is 23.6. The topological polar surface area (TPSA) is 96.7 Å². The smallest absolute Gasteiger partial charge is 0.475 e. The van der Waals surface area contributed by atoms with Crippen molar-refractivity contribution in [2.24, 2.45) is 18.4 Å². The third kappa shape index (κ3) is 7.20. The van der Waals surface area contributed by atoms with Crippen LogP contribution in [-0.4, -0.2) is 70.2 Å². The molecule has 8 nitrogen and oxygen atoms in total. The minimum absolute atomic E-state index is 0.0228. The number of carboxylic acid groups (broad SMARTS) is 1. The number of rotatable bonds is 4. The predicted molar refractivity (Wildman–Crippen MR) is 106 cm³/mol. The summed E-state index contributed by atoms with van der Waals surface area (Å²) in [5, 5.41) is 14.6. The quantitative estimate of drug-likeness (QED) is 0.733. The number of aliphatic carboxylic acids is 1. The molecule has 31 heavy (non-hydrogen) atoms. The number of nitrogens with one attached hydrogen (secondary N) is 1. The average Bonchev–Trinajstić information content (AvgIpc) is 3.10. The van der Waals surface area contributed by atoms with Gasteiger partial charge in [-0.1, -0.05) is 13.8 Å². The number of carbonyl (C=O) groups excluding carboxylic acids is 1. The van der Waals surface area contributed by atoms with Gasteiger partial charge in [0.1, 0.15) is 0 Å². The van der Waals surface area contributed by atoms with E-state index in [2.05, 4.69) is 21.5 Å². The van der Waals surface area contributed by atoms with Crippen LogP contribution in [0.15, 0.2) is 12.4 Å². The summed E-state index contributed by atoms with van der Waals surface area (Å²) in [5.74, 6) is -2.59. The molecule has 0 radical (unpaired) electrons. The van der Waals surface area contributed by atoms with E-state index in [4.69, 9.17) is 14.6 Å². The minimum atomic E-state index is -5.08. The first kappa shape index (κ1) is 25.1. The van der Waals surface area contributed by atoms with Crippen LogP contribution >= 0.6 is 0 Å². The minimum Gasteiger partial charge on any atom is -0.475 e. The standard InChI is InChI=1S/C18H30N4O2.C2HF3O2/c1-14(2)17(23)20-16-13-24-9-6-18(16)4-7-22(8-5-18)12-15-10-19-21(3)11-15;3-2(4,5)1(6)7/h10-11,14,16H,4-9,12-13H2,1-3H3,(H,20,23);(H,6,7). The van der Waals surface area contributed by atoms with Crippen LogP contribution in [0.2, 0.25) is 0 Å².